The van der Waals surface area contributed by atoms with Gasteiger partial charge < -0.3 is 10.1 Å². The second-order valence-electron chi connectivity index (χ2n) is 4.54. The van der Waals surface area contributed by atoms with E-state index in [4.69, 9.17) is 0 Å². The first-order valence-corrected chi connectivity index (χ1v) is 5.62. The number of piperidine rings is 1. The van der Waals surface area contributed by atoms with Crippen molar-refractivity contribution in [3.05, 3.63) is 0 Å². The zero-order valence-electron chi connectivity index (χ0n) is 9.24. The SMILES string of the molecule is COC(=O)C1CC(=O)C2CC(F)CCC2N1. The summed E-state index contributed by atoms with van der Waals surface area (Å²) in [5.41, 5.74) is 0. The predicted molar refractivity (Wildman–Crippen MR) is 54.6 cm³/mol. The number of ketones is 1. The maximum atomic E-state index is 13.2. The van der Waals surface area contributed by atoms with E-state index in [1.54, 1.807) is 0 Å². The third kappa shape index (κ3) is 2.09. The summed E-state index contributed by atoms with van der Waals surface area (Å²) in [5.74, 6) is -0.680. The van der Waals surface area contributed by atoms with E-state index in [1.807, 2.05) is 0 Å². The molecule has 1 heterocycles. The van der Waals surface area contributed by atoms with Crippen LogP contribution in [0.5, 0.6) is 0 Å². The van der Waals surface area contributed by atoms with Crippen molar-refractivity contribution in [2.24, 2.45) is 5.92 Å². The Morgan fingerprint density at radius 3 is 2.94 bits per heavy atom. The van der Waals surface area contributed by atoms with E-state index in [0.717, 1.165) is 0 Å². The van der Waals surface area contributed by atoms with Gasteiger partial charge in [-0.3, -0.25) is 9.59 Å². The molecule has 90 valence electrons. The van der Waals surface area contributed by atoms with Gasteiger partial charge in [-0.15, -0.1) is 0 Å². The molecule has 0 radical (unpaired) electrons. The van der Waals surface area contributed by atoms with Gasteiger partial charge in [-0.1, -0.05) is 0 Å². The molecular formula is C11H16FNO3. The average Bonchev–Trinajstić information content (AvgIpc) is 2.28. The van der Waals surface area contributed by atoms with Crippen LogP contribution in [0.3, 0.4) is 0 Å². The fourth-order valence-corrected chi connectivity index (χ4v) is 2.64. The summed E-state index contributed by atoms with van der Waals surface area (Å²) in [6.45, 7) is 0. The van der Waals surface area contributed by atoms with E-state index < -0.39 is 18.2 Å². The molecule has 4 nitrogen and oxygen atoms in total. The summed E-state index contributed by atoms with van der Waals surface area (Å²) in [4.78, 5) is 23.1. The van der Waals surface area contributed by atoms with E-state index in [2.05, 4.69) is 10.1 Å². The number of hydrogen-bond acceptors (Lipinski definition) is 4. The molecule has 5 heteroatoms. The second-order valence-corrected chi connectivity index (χ2v) is 4.54. The number of carbonyl (C=O) groups excluding carboxylic acids is 2. The number of rotatable bonds is 1. The normalized spacial score (nSPS) is 39.0. The number of esters is 1. The molecule has 0 bridgehead atoms. The van der Waals surface area contributed by atoms with Gasteiger partial charge in [0, 0.05) is 18.4 Å². The molecule has 2 fully saturated rings. The van der Waals surface area contributed by atoms with Gasteiger partial charge in [0.25, 0.3) is 0 Å². The quantitative estimate of drug-likeness (QED) is 0.669. The third-order valence-corrected chi connectivity index (χ3v) is 3.51. The van der Waals surface area contributed by atoms with Gasteiger partial charge in [0.15, 0.2) is 0 Å². The lowest BCUT2D eigenvalue weighted by Crippen LogP contribution is -2.57. The fourth-order valence-electron chi connectivity index (χ4n) is 2.64. The van der Waals surface area contributed by atoms with Crippen LogP contribution in [-0.2, 0) is 14.3 Å². The summed E-state index contributed by atoms with van der Waals surface area (Å²) >= 11 is 0. The van der Waals surface area contributed by atoms with Crippen molar-refractivity contribution in [1.82, 2.24) is 5.32 Å². The number of ether oxygens (including phenoxy) is 1. The molecule has 16 heavy (non-hydrogen) atoms. The first-order valence-electron chi connectivity index (χ1n) is 5.62. The van der Waals surface area contributed by atoms with Gasteiger partial charge in [0.05, 0.1) is 7.11 Å². The number of nitrogens with one attached hydrogen (secondary N) is 1. The number of carbonyl (C=O) groups is 2. The number of Topliss-reactive ketones (excluding diaryl/α,β-unsaturated/α-hetero) is 1. The smallest absolute Gasteiger partial charge is 0.323 e. The van der Waals surface area contributed by atoms with E-state index in [-0.39, 0.29) is 24.2 Å². The highest BCUT2D eigenvalue weighted by atomic mass is 19.1. The molecule has 0 amide bonds. The van der Waals surface area contributed by atoms with E-state index >= 15 is 0 Å². The van der Waals surface area contributed by atoms with E-state index in [1.165, 1.54) is 7.11 Å². The van der Waals surface area contributed by atoms with Crippen molar-refractivity contribution >= 4 is 11.8 Å². The summed E-state index contributed by atoms with van der Waals surface area (Å²) in [6.07, 6.45) is 0.632. The lowest BCUT2D eigenvalue weighted by atomic mass is 9.76. The van der Waals surface area contributed by atoms with Crippen molar-refractivity contribution in [2.45, 2.75) is 43.9 Å². The Morgan fingerprint density at radius 1 is 1.50 bits per heavy atom. The van der Waals surface area contributed by atoms with Crippen molar-refractivity contribution in [1.29, 1.82) is 0 Å². The predicted octanol–water partition coefficient (Wildman–Crippen LogP) is 0.597. The van der Waals surface area contributed by atoms with Gasteiger partial charge in [-0.2, -0.15) is 0 Å². The van der Waals surface area contributed by atoms with Crippen LogP contribution in [0.25, 0.3) is 0 Å². The molecule has 1 aliphatic carbocycles. The van der Waals surface area contributed by atoms with Crippen LogP contribution in [0, 0.1) is 5.92 Å². The van der Waals surface area contributed by atoms with Crippen molar-refractivity contribution < 1.29 is 18.7 Å². The van der Waals surface area contributed by atoms with Crippen LogP contribution in [0.15, 0.2) is 0 Å². The topological polar surface area (TPSA) is 55.4 Å². The Hall–Kier alpha value is -0.970. The number of methoxy groups -OCH3 is 1. The Bertz CT molecular complexity index is 308. The van der Waals surface area contributed by atoms with Crippen molar-refractivity contribution in [3.8, 4) is 0 Å². The highest BCUT2D eigenvalue weighted by molar-refractivity contribution is 5.89. The molecule has 0 aromatic carbocycles. The van der Waals surface area contributed by atoms with Crippen LogP contribution in [0.2, 0.25) is 0 Å². The lowest BCUT2D eigenvalue weighted by Gasteiger charge is -2.39. The number of fused-ring (bicyclic) bond motifs is 1. The Balaban J connectivity index is 2.05. The van der Waals surface area contributed by atoms with E-state index in [0.29, 0.717) is 19.3 Å². The summed E-state index contributed by atoms with van der Waals surface area (Å²) < 4.78 is 17.8. The van der Waals surface area contributed by atoms with Gasteiger partial charge in [0.2, 0.25) is 0 Å². The van der Waals surface area contributed by atoms with Crippen LogP contribution >= 0.6 is 0 Å². The molecule has 2 aliphatic rings. The zero-order valence-corrected chi connectivity index (χ0v) is 9.24. The number of hydrogen-bond donors (Lipinski definition) is 1. The maximum absolute atomic E-state index is 13.2. The summed E-state index contributed by atoms with van der Waals surface area (Å²) in [7, 11) is 1.30. The third-order valence-electron chi connectivity index (χ3n) is 3.51. The minimum Gasteiger partial charge on any atom is -0.468 e. The molecule has 0 aromatic rings. The highest BCUT2D eigenvalue weighted by Gasteiger charge is 2.42. The molecule has 1 saturated heterocycles. The molecule has 4 atom stereocenters. The molecule has 0 aromatic heterocycles. The molecule has 1 N–H and O–H groups in total. The Morgan fingerprint density at radius 2 is 2.25 bits per heavy atom. The molecule has 4 unspecified atom stereocenters. The fraction of sp³-hybridized carbons (Fsp3) is 0.818. The Labute approximate surface area is 93.5 Å². The minimum atomic E-state index is -0.873. The van der Waals surface area contributed by atoms with Gasteiger partial charge in [-0.05, 0) is 19.3 Å². The zero-order chi connectivity index (χ0) is 11.7. The van der Waals surface area contributed by atoms with Gasteiger partial charge in [-0.25, -0.2) is 4.39 Å². The Kier molecular flexibility index (Phi) is 3.23. The van der Waals surface area contributed by atoms with Gasteiger partial charge >= 0.3 is 5.97 Å². The molecular weight excluding hydrogens is 213 g/mol. The number of halogens is 1. The first-order chi connectivity index (χ1) is 7.61. The molecule has 1 saturated carbocycles. The van der Waals surface area contributed by atoms with Crippen molar-refractivity contribution in [2.75, 3.05) is 7.11 Å². The minimum absolute atomic E-state index is 0.0125. The van der Waals surface area contributed by atoms with Crippen molar-refractivity contribution in [3.63, 3.8) is 0 Å². The first kappa shape index (κ1) is 11.5. The number of alkyl halides is 1. The van der Waals surface area contributed by atoms with Gasteiger partial charge in [0.1, 0.15) is 18.0 Å². The van der Waals surface area contributed by atoms with Crippen LogP contribution in [0.4, 0.5) is 4.39 Å². The maximum Gasteiger partial charge on any atom is 0.323 e. The lowest BCUT2D eigenvalue weighted by molar-refractivity contribution is -0.148. The largest absolute Gasteiger partial charge is 0.468 e. The highest BCUT2D eigenvalue weighted by Crippen LogP contribution is 2.31. The summed E-state index contributed by atoms with van der Waals surface area (Å²) in [5, 5.41) is 3.10. The molecule has 1 aliphatic heterocycles. The molecule has 0 spiro atoms. The second kappa shape index (κ2) is 4.49. The van der Waals surface area contributed by atoms with Crippen LogP contribution < -0.4 is 5.32 Å². The van der Waals surface area contributed by atoms with Crippen LogP contribution in [-0.4, -0.2) is 37.1 Å². The molecule has 2 rings (SSSR count). The standard InChI is InChI=1S/C11H16FNO3/c1-16-11(15)9-5-10(14)7-4-6(12)2-3-8(7)13-9/h6-9,13H,2-5H2,1H3. The van der Waals surface area contributed by atoms with Crippen LogP contribution in [0.1, 0.15) is 25.7 Å². The average molecular weight is 229 g/mol. The van der Waals surface area contributed by atoms with E-state index in [9.17, 15) is 14.0 Å². The monoisotopic (exact) mass is 229 g/mol. The summed E-state index contributed by atoms with van der Waals surface area (Å²) in [6, 6.07) is -0.604.